The average molecular weight is 1190 g/mol. The fourth-order valence-corrected chi connectivity index (χ4v) is 10.2. The molecule has 35 nitrogen and oxygen atoms in total. The largest absolute Gasteiger partial charge is 0.481 e. The lowest BCUT2D eigenvalue weighted by molar-refractivity contribution is -0.292. The van der Waals surface area contributed by atoms with Gasteiger partial charge in [0.2, 0.25) is 54.3 Å². The van der Waals surface area contributed by atoms with E-state index in [1.165, 1.54) is 6.92 Å². The average Bonchev–Trinajstić information content (AvgIpc) is 3.28. The van der Waals surface area contributed by atoms with Gasteiger partial charge in [-0.1, -0.05) is 6.92 Å². The monoisotopic (exact) mass is 1190 g/mol. The van der Waals surface area contributed by atoms with E-state index in [9.17, 15) is 56.8 Å². The highest BCUT2D eigenvalue weighted by Gasteiger charge is 2.70. The summed E-state index contributed by atoms with van der Waals surface area (Å²) in [6, 6.07) is 0. The van der Waals surface area contributed by atoms with Crippen molar-refractivity contribution in [2.45, 2.75) is 124 Å². The van der Waals surface area contributed by atoms with Crippen molar-refractivity contribution in [3.8, 4) is 0 Å². The molecule has 0 radical (unpaired) electrons. The Labute approximate surface area is 432 Å². The number of esters is 9. The fraction of sp³-hybridized carbons (Fsp3) is 0.757. The zero-order valence-electron chi connectivity index (χ0n) is 42.2. The third-order valence-electron chi connectivity index (χ3n) is 8.75. The van der Waals surface area contributed by atoms with Gasteiger partial charge in [0.25, 0.3) is 0 Å². The molecule has 1 unspecified atom stereocenters. The molecule has 6 atom stereocenters. The summed E-state index contributed by atoms with van der Waals surface area (Å²) in [5.41, 5.74) is -2.82. The number of hydrogen-bond donors (Lipinski definition) is 0. The van der Waals surface area contributed by atoms with Gasteiger partial charge in [-0.3, -0.25) is 61.2 Å². The summed E-state index contributed by atoms with van der Waals surface area (Å²) in [6.07, 6.45) is -14.6. The summed E-state index contributed by atoms with van der Waals surface area (Å²) < 4.78 is 176. The van der Waals surface area contributed by atoms with E-state index >= 15 is 4.57 Å². The van der Waals surface area contributed by atoms with E-state index in [1.807, 2.05) is 0 Å². The van der Waals surface area contributed by atoms with Crippen LogP contribution in [0.3, 0.4) is 0 Å². The molecule has 2 fully saturated rings. The predicted octanol–water partition coefficient (Wildman–Crippen LogP) is 3.53. The molecule has 0 aromatic heterocycles. The third kappa shape index (κ3) is 24.5. The van der Waals surface area contributed by atoms with Crippen molar-refractivity contribution < 1.29 is 163 Å². The van der Waals surface area contributed by atoms with Crippen LogP contribution in [-0.4, -0.2) is 151 Å². The van der Waals surface area contributed by atoms with Gasteiger partial charge in [-0.15, -0.1) is 0 Å². The molecule has 1 aliphatic heterocycles. The lowest BCUT2D eigenvalue weighted by atomic mass is 9.71. The summed E-state index contributed by atoms with van der Waals surface area (Å²) in [5, 5.41) is 0. The van der Waals surface area contributed by atoms with E-state index in [4.69, 9.17) is 102 Å². The maximum atomic E-state index is 15.0. The first kappa shape index (κ1) is 67.7. The Morgan fingerprint density at radius 2 is 0.697 bits per heavy atom. The molecule has 0 bridgehead atoms. The molecule has 1 aliphatic carbocycles. The Hall–Kier alpha value is -4.37. The number of fused-ring (bicyclic) bond motifs is 1. The molecule has 76 heavy (non-hydrogen) atoms. The van der Waals surface area contributed by atoms with Crippen molar-refractivity contribution in [3.63, 3.8) is 0 Å². The van der Waals surface area contributed by atoms with E-state index in [-0.39, 0.29) is 12.8 Å². The highest BCUT2D eigenvalue weighted by atomic mass is 31.2. The Balaban J connectivity index is 3.40. The Kier molecular flexibility index (Phi) is 29.0. The van der Waals surface area contributed by atoms with Crippen LogP contribution in [0.4, 0.5) is 0 Å². The van der Waals surface area contributed by atoms with Gasteiger partial charge < -0.3 is 47.4 Å². The van der Waals surface area contributed by atoms with E-state index in [0.29, 0.717) is 0 Å². The minimum Gasteiger partial charge on any atom is -0.453 e. The maximum Gasteiger partial charge on any atom is 0.481 e. The predicted molar refractivity (Wildman–Crippen MR) is 234 cm³/mol. The van der Waals surface area contributed by atoms with E-state index in [1.54, 1.807) is 0 Å². The first-order valence-electron chi connectivity index (χ1n) is 21.7. The van der Waals surface area contributed by atoms with Crippen LogP contribution in [0.15, 0.2) is 0 Å². The highest BCUT2D eigenvalue weighted by molar-refractivity contribution is 7.49. The van der Waals surface area contributed by atoms with Crippen LogP contribution in [0.25, 0.3) is 0 Å². The van der Waals surface area contributed by atoms with Gasteiger partial charge in [0.05, 0.1) is 0 Å². The van der Waals surface area contributed by atoms with Crippen molar-refractivity contribution in [2.75, 3.05) is 61.0 Å². The van der Waals surface area contributed by atoms with Crippen LogP contribution < -0.4 is 0 Å². The van der Waals surface area contributed by atoms with Gasteiger partial charge >= 0.3 is 85.0 Å². The quantitative estimate of drug-likeness (QED) is 0.0379. The summed E-state index contributed by atoms with van der Waals surface area (Å²) in [7, 11) is -23.0. The number of ether oxygens (including phenoxy) is 10. The Bertz CT molecular complexity index is 2110. The SMILES string of the molecule is CCCC(=O)O[C@@]12CCCO[C@@H]1[C@H](OP(=O)(OCOC(C)=O)OCOC(C)=O)[C@@H](OP(=O)(OCOC(C)=O)OCOC(C)=O)[C@H](OP(=O)(OCOC(C)=O)OCOC(C)=O)C2OP(=O)(OCOC(C)=O)OCOC(C)=O. The van der Waals surface area contributed by atoms with Crippen molar-refractivity contribution in [2.24, 2.45) is 0 Å². The van der Waals surface area contributed by atoms with Crippen LogP contribution in [0, 0.1) is 0 Å². The molecule has 1 saturated heterocycles. The van der Waals surface area contributed by atoms with Gasteiger partial charge in [0.15, 0.2) is 5.60 Å². The summed E-state index contributed by atoms with van der Waals surface area (Å²) in [4.78, 5) is 109. The molecule has 39 heteroatoms. The molecule has 0 aromatic carbocycles. The van der Waals surface area contributed by atoms with Crippen molar-refractivity contribution in [1.29, 1.82) is 0 Å². The molecular weight excluding hydrogens is 1130 g/mol. The van der Waals surface area contributed by atoms with Gasteiger partial charge in [-0.25, -0.2) is 54.5 Å². The lowest BCUT2D eigenvalue weighted by Gasteiger charge is -2.57. The standard InChI is InChI=1S/C37H58O35P4/c1-10-12-31(46)68-37-13-11-14-51-35(37)33(70-74(48,62-17-54-25(4)40)63-18-55-26(5)41)32(69-73(47,60-15-52-23(2)38)61-16-53-24(3)39)34(71-75(49,64-19-56-27(6)42)65-20-57-28(7)43)36(37)72-76(50,66-21-58-29(8)44)67-22-59-30(9)45/h32-36H,10-22H2,1-9H3/t32-,33-,34+,35-,36?,37+/m1/s1. The molecule has 2 rings (SSSR count). The Morgan fingerprint density at radius 1 is 0.421 bits per heavy atom. The Morgan fingerprint density at radius 3 is 0.987 bits per heavy atom. The second kappa shape index (κ2) is 32.5. The second-order valence-electron chi connectivity index (χ2n) is 14.7. The fourth-order valence-electron chi connectivity index (χ4n) is 5.83. The molecule has 2 aliphatic rings. The minimum absolute atomic E-state index is 0.0297. The van der Waals surface area contributed by atoms with Crippen LogP contribution >= 0.6 is 31.3 Å². The summed E-state index contributed by atoms with van der Waals surface area (Å²) in [6.45, 7) is -2.63. The molecule has 0 spiro atoms. The lowest BCUT2D eigenvalue weighted by Crippen LogP contribution is -2.75. The zero-order valence-corrected chi connectivity index (χ0v) is 45.7. The van der Waals surface area contributed by atoms with Crippen LogP contribution in [0.2, 0.25) is 0 Å². The van der Waals surface area contributed by atoms with Crippen molar-refractivity contribution in [1.82, 2.24) is 0 Å². The molecule has 0 amide bonds. The number of phosphoric acid groups is 4. The normalized spacial score (nSPS) is 20.7. The van der Waals surface area contributed by atoms with E-state index in [0.717, 1.165) is 55.4 Å². The molecule has 0 aromatic rings. The second-order valence-corrected chi connectivity index (χ2v) is 21.1. The molecule has 0 N–H and O–H groups in total. The highest BCUT2D eigenvalue weighted by Crippen LogP contribution is 2.64. The van der Waals surface area contributed by atoms with Crippen molar-refractivity contribution in [3.05, 3.63) is 0 Å². The van der Waals surface area contributed by atoms with E-state index < -0.39 is 195 Å². The zero-order chi connectivity index (χ0) is 57.3. The van der Waals surface area contributed by atoms with Crippen LogP contribution in [0.5, 0.6) is 0 Å². The van der Waals surface area contributed by atoms with Crippen LogP contribution in [0.1, 0.15) is 88.0 Å². The summed E-state index contributed by atoms with van der Waals surface area (Å²) in [5.74, 6) is -9.75. The van der Waals surface area contributed by atoms with Crippen LogP contribution in [-0.2, 0) is 163 Å². The number of hydrogen-bond acceptors (Lipinski definition) is 35. The first-order valence-corrected chi connectivity index (χ1v) is 27.6. The van der Waals surface area contributed by atoms with Crippen molar-refractivity contribution >= 4 is 85.0 Å². The molecule has 1 saturated carbocycles. The molecular formula is C37H58O35P4. The molecule has 1 heterocycles. The number of phosphoric ester groups is 4. The number of carbonyl (C=O) groups excluding carboxylic acids is 9. The molecule has 436 valence electrons. The van der Waals surface area contributed by atoms with Gasteiger partial charge in [-0.05, 0) is 19.3 Å². The maximum absolute atomic E-state index is 15.0. The summed E-state index contributed by atoms with van der Waals surface area (Å²) >= 11 is 0. The minimum atomic E-state index is -5.82. The number of rotatable bonds is 35. The topological polar surface area (TPSA) is 425 Å². The van der Waals surface area contributed by atoms with Gasteiger partial charge in [0.1, 0.15) is 30.5 Å². The smallest absolute Gasteiger partial charge is 0.453 e. The van der Waals surface area contributed by atoms with E-state index in [2.05, 4.69) is 0 Å². The van der Waals surface area contributed by atoms with Gasteiger partial charge in [0, 0.05) is 68.4 Å². The third-order valence-corrected chi connectivity index (χ3v) is 14.1. The first-order chi connectivity index (χ1) is 35.5. The van der Waals surface area contributed by atoms with Gasteiger partial charge in [-0.2, -0.15) is 0 Å². The number of carbonyl (C=O) groups is 9.